The summed E-state index contributed by atoms with van der Waals surface area (Å²) in [7, 11) is 1.43. The normalized spacial score (nSPS) is 18.6. The molecule has 0 saturated heterocycles. The molecule has 16 heavy (non-hydrogen) atoms. The van der Waals surface area contributed by atoms with Crippen molar-refractivity contribution in [1.82, 2.24) is 0 Å². The van der Waals surface area contributed by atoms with Crippen LogP contribution in [-0.2, 0) is 9.45 Å². The van der Waals surface area contributed by atoms with Gasteiger partial charge in [0.1, 0.15) is 5.68 Å². The largest absolute Gasteiger partial charge is 0.426 e. The van der Waals surface area contributed by atoms with Gasteiger partial charge in [0.15, 0.2) is 0 Å². The van der Waals surface area contributed by atoms with Gasteiger partial charge in [-0.3, -0.25) is 0 Å². The van der Waals surface area contributed by atoms with Crippen LogP contribution in [0.2, 0.25) is 0 Å². The van der Waals surface area contributed by atoms with Crippen LogP contribution >= 0.6 is 0 Å². The zero-order valence-corrected chi connectivity index (χ0v) is 11.7. The average molecular weight is 225 g/mol. The Morgan fingerprint density at radius 3 is 2.19 bits per heavy atom. The van der Waals surface area contributed by atoms with Gasteiger partial charge in [0.2, 0.25) is 0 Å². The minimum Gasteiger partial charge on any atom is -0.426 e. The third-order valence-corrected chi connectivity index (χ3v) is 3.90. The van der Waals surface area contributed by atoms with Gasteiger partial charge in [0, 0.05) is 5.92 Å². The molecule has 0 aliphatic heterocycles. The van der Waals surface area contributed by atoms with Gasteiger partial charge >= 0.3 is 7.48 Å². The van der Waals surface area contributed by atoms with Crippen molar-refractivity contribution in [2.45, 2.75) is 66.4 Å². The molecule has 3 atom stereocenters. The van der Waals surface area contributed by atoms with Gasteiger partial charge in [-0.2, -0.15) is 0 Å². The molecule has 0 heterocycles. The van der Waals surface area contributed by atoms with E-state index in [1.165, 1.54) is 7.48 Å². The molecular weight excluding hydrogens is 199 g/mol. The molecule has 0 aromatic rings. The van der Waals surface area contributed by atoms with E-state index in [2.05, 4.69) is 27.7 Å². The van der Waals surface area contributed by atoms with Crippen LogP contribution in [0.25, 0.3) is 0 Å². The Kier molecular flexibility index (Phi) is 6.97. The average Bonchev–Trinajstić information content (AvgIpc) is 2.33. The quantitative estimate of drug-likeness (QED) is 0.591. The molecule has 0 fully saturated rings. The minimum atomic E-state index is -0.210. The van der Waals surface area contributed by atoms with Crippen LogP contribution < -0.4 is 0 Å². The Labute approximate surface area is 101 Å². The van der Waals surface area contributed by atoms with Gasteiger partial charge in [-0.05, 0) is 25.7 Å². The van der Waals surface area contributed by atoms with Gasteiger partial charge < -0.3 is 9.45 Å². The summed E-state index contributed by atoms with van der Waals surface area (Å²) in [6.07, 6.45) is 2.85. The van der Waals surface area contributed by atoms with E-state index >= 15 is 0 Å². The second kappa shape index (κ2) is 7.11. The van der Waals surface area contributed by atoms with Crippen molar-refractivity contribution in [3.63, 3.8) is 0 Å². The Bertz CT molecular complexity index is 218. The van der Waals surface area contributed by atoms with E-state index in [9.17, 15) is 4.79 Å². The monoisotopic (exact) mass is 225 g/mol. The van der Waals surface area contributed by atoms with Crippen LogP contribution in [0.1, 0.15) is 60.8 Å². The van der Waals surface area contributed by atoms with Crippen molar-refractivity contribution >= 4 is 13.2 Å². The van der Waals surface area contributed by atoms with Gasteiger partial charge in [-0.1, -0.05) is 41.0 Å². The molecule has 0 aliphatic carbocycles. The lowest BCUT2D eigenvalue weighted by Gasteiger charge is -2.35. The first kappa shape index (κ1) is 15.7. The van der Waals surface area contributed by atoms with E-state index in [4.69, 9.17) is 4.65 Å². The summed E-state index contributed by atoms with van der Waals surface area (Å²) >= 11 is 0. The minimum absolute atomic E-state index is 0.0676. The highest BCUT2D eigenvalue weighted by Crippen LogP contribution is 2.27. The molecule has 93 valence electrons. The molecule has 0 aliphatic rings. The maximum absolute atomic E-state index is 11.7. The van der Waals surface area contributed by atoms with Crippen LogP contribution in [-0.4, -0.2) is 18.8 Å². The summed E-state index contributed by atoms with van der Waals surface area (Å²) in [6, 6.07) is 0. The predicted molar refractivity (Wildman–Crippen MR) is 69.5 cm³/mol. The first-order valence-corrected chi connectivity index (χ1v) is 6.46. The molecule has 0 spiro atoms. The number of hydrogen-bond acceptors (Lipinski definition) is 2. The van der Waals surface area contributed by atoms with Gasteiger partial charge in [0.25, 0.3) is 0 Å². The molecule has 1 radical (unpaired) electrons. The maximum atomic E-state index is 11.7. The molecule has 0 rings (SSSR count). The molecule has 3 heteroatoms. The summed E-state index contributed by atoms with van der Waals surface area (Å²) in [4.78, 5) is 11.7. The molecule has 0 amide bonds. The fraction of sp³-hybridized carbons (Fsp3) is 0.923. The Morgan fingerprint density at radius 1 is 1.25 bits per heavy atom. The number of carbonyl (C=O) groups is 1. The summed E-state index contributed by atoms with van der Waals surface area (Å²) < 4.78 is 5.74. The lowest BCUT2D eigenvalue weighted by molar-refractivity contribution is -0.117. The van der Waals surface area contributed by atoms with Crippen molar-refractivity contribution in [3.05, 3.63) is 0 Å². The smallest absolute Gasteiger partial charge is 0.376 e. The molecular formula is C13H26BO2. The van der Waals surface area contributed by atoms with E-state index in [-0.39, 0.29) is 17.2 Å². The number of hydrogen-bond donors (Lipinski definition) is 0. The highest BCUT2D eigenvalue weighted by atomic mass is 16.5. The molecule has 3 unspecified atom stereocenters. The standard InChI is InChI=1S/C13H26BO2/c1-7-10(4)12(15)14-16-13(6,9-3)11(5)8-2/h10-11H,7-9H2,1-6H3. The molecule has 2 nitrogen and oxygen atoms in total. The van der Waals surface area contributed by atoms with Crippen LogP contribution in [0.5, 0.6) is 0 Å². The van der Waals surface area contributed by atoms with Crippen LogP contribution in [0.4, 0.5) is 0 Å². The molecule has 0 saturated carbocycles. The number of carbonyl (C=O) groups excluding carboxylic acids is 1. The third kappa shape index (κ3) is 4.29. The van der Waals surface area contributed by atoms with E-state index in [0.717, 1.165) is 19.3 Å². The molecule has 0 N–H and O–H groups in total. The molecule has 0 bridgehead atoms. The van der Waals surface area contributed by atoms with Crippen LogP contribution in [0.3, 0.4) is 0 Å². The second-order valence-corrected chi connectivity index (χ2v) is 4.92. The Hall–Kier alpha value is -0.305. The lowest BCUT2D eigenvalue weighted by atomic mass is 9.79. The first-order chi connectivity index (χ1) is 7.41. The maximum Gasteiger partial charge on any atom is 0.376 e. The van der Waals surface area contributed by atoms with E-state index in [1.807, 2.05) is 13.8 Å². The zero-order valence-electron chi connectivity index (χ0n) is 11.7. The molecule has 0 aromatic carbocycles. The van der Waals surface area contributed by atoms with Crippen LogP contribution in [0.15, 0.2) is 0 Å². The SMILES string of the molecule is CCC(C)C(=O)[B]OC(C)(CC)C(C)CC. The van der Waals surface area contributed by atoms with Gasteiger partial charge in [-0.25, -0.2) is 0 Å². The predicted octanol–water partition coefficient (Wildman–Crippen LogP) is 3.41. The number of rotatable bonds is 8. The van der Waals surface area contributed by atoms with Gasteiger partial charge in [0.05, 0.1) is 5.60 Å². The van der Waals surface area contributed by atoms with Gasteiger partial charge in [-0.15, -0.1) is 0 Å². The van der Waals surface area contributed by atoms with E-state index in [1.54, 1.807) is 0 Å². The van der Waals surface area contributed by atoms with E-state index in [0.29, 0.717) is 5.92 Å². The third-order valence-electron chi connectivity index (χ3n) is 3.90. The van der Waals surface area contributed by atoms with E-state index < -0.39 is 0 Å². The topological polar surface area (TPSA) is 26.3 Å². The summed E-state index contributed by atoms with van der Waals surface area (Å²) in [5.41, 5.74) is -0.108. The highest BCUT2D eigenvalue weighted by molar-refractivity contribution is 6.69. The fourth-order valence-corrected chi connectivity index (χ4v) is 1.49. The lowest BCUT2D eigenvalue weighted by Crippen LogP contribution is -2.39. The first-order valence-electron chi connectivity index (χ1n) is 6.46. The van der Waals surface area contributed by atoms with Crippen molar-refractivity contribution in [3.8, 4) is 0 Å². The van der Waals surface area contributed by atoms with Crippen molar-refractivity contribution < 1.29 is 9.45 Å². The summed E-state index contributed by atoms with van der Waals surface area (Å²) in [6.45, 7) is 12.5. The summed E-state index contributed by atoms with van der Waals surface area (Å²) in [5, 5.41) is 0. The Balaban J connectivity index is 4.29. The summed E-state index contributed by atoms with van der Waals surface area (Å²) in [5.74, 6) is 0.525. The Morgan fingerprint density at radius 2 is 1.81 bits per heavy atom. The van der Waals surface area contributed by atoms with Crippen molar-refractivity contribution in [2.24, 2.45) is 11.8 Å². The highest BCUT2D eigenvalue weighted by Gasteiger charge is 2.30. The fourth-order valence-electron chi connectivity index (χ4n) is 1.49. The molecule has 0 aromatic heterocycles. The van der Waals surface area contributed by atoms with Crippen molar-refractivity contribution in [1.29, 1.82) is 0 Å². The van der Waals surface area contributed by atoms with Crippen molar-refractivity contribution in [2.75, 3.05) is 0 Å². The second-order valence-electron chi connectivity index (χ2n) is 4.92. The zero-order chi connectivity index (χ0) is 12.8. The van der Waals surface area contributed by atoms with Crippen LogP contribution in [0, 0.1) is 11.8 Å².